The van der Waals surface area contributed by atoms with Crippen LogP contribution in [0.5, 0.6) is 0 Å². The first-order valence-corrected chi connectivity index (χ1v) is 5.50. The summed E-state index contributed by atoms with van der Waals surface area (Å²) in [4.78, 5) is 3.31. The van der Waals surface area contributed by atoms with E-state index in [1.165, 1.54) is 16.5 Å². The molecule has 1 N–H and O–H groups in total. The second-order valence-electron chi connectivity index (χ2n) is 4.43. The van der Waals surface area contributed by atoms with E-state index in [0.717, 1.165) is 19.4 Å². The molecule has 2 aromatic rings. The van der Waals surface area contributed by atoms with Crippen molar-refractivity contribution in [1.29, 1.82) is 0 Å². The summed E-state index contributed by atoms with van der Waals surface area (Å²) in [6, 6.07) is 8.41. The van der Waals surface area contributed by atoms with Crippen LogP contribution in [0.3, 0.4) is 0 Å². The number of aromatic amines is 1. The maximum atomic E-state index is 5.87. The number of hydrogen-bond acceptors (Lipinski definition) is 1. The second kappa shape index (κ2) is 3.11. The van der Waals surface area contributed by atoms with Crippen LogP contribution in [0.2, 0.25) is 0 Å². The molecule has 15 heavy (non-hydrogen) atoms. The van der Waals surface area contributed by atoms with Crippen LogP contribution in [0.15, 0.2) is 30.5 Å². The molecule has 1 aromatic carbocycles. The zero-order valence-electron chi connectivity index (χ0n) is 8.92. The Balaban J connectivity index is 2.18. The Morgan fingerprint density at radius 2 is 2.20 bits per heavy atom. The zero-order chi connectivity index (χ0) is 10.3. The molecule has 1 unspecified atom stereocenters. The molecule has 0 aliphatic carbocycles. The number of rotatable bonds is 1. The van der Waals surface area contributed by atoms with Crippen molar-refractivity contribution in [2.24, 2.45) is 0 Å². The van der Waals surface area contributed by atoms with Crippen molar-refractivity contribution < 1.29 is 4.74 Å². The van der Waals surface area contributed by atoms with Crippen molar-refractivity contribution in [3.63, 3.8) is 0 Å². The molecule has 2 heterocycles. The molecule has 0 amide bonds. The van der Waals surface area contributed by atoms with E-state index in [9.17, 15) is 0 Å². The summed E-state index contributed by atoms with van der Waals surface area (Å²) in [5.74, 6) is 0. The number of aromatic nitrogens is 1. The molecule has 0 bridgehead atoms. The van der Waals surface area contributed by atoms with Gasteiger partial charge in [0.2, 0.25) is 0 Å². The van der Waals surface area contributed by atoms with Gasteiger partial charge in [0.25, 0.3) is 0 Å². The molecule has 2 nitrogen and oxygen atoms in total. The normalized spacial score (nSPS) is 26.2. The Morgan fingerprint density at radius 1 is 1.33 bits per heavy atom. The minimum absolute atomic E-state index is 0.0837. The minimum Gasteiger partial charge on any atom is -0.371 e. The Morgan fingerprint density at radius 3 is 3.00 bits per heavy atom. The molecule has 1 saturated heterocycles. The van der Waals surface area contributed by atoms with Gasteiger partial charge in [-0.25, -0.2) is 0 Å². The van der Waals surface area contributed by atoms with E-state index in [1.54, 1.807) is 0 Å². The first-order chi connectivity index (χ1) is 7.30. The highest BCUT2D eigenvalue weighted by Gasteiger charge is 2.33. The van der Waals surface area contributed by atoms with Gasteiger partial charge in [-0.2, -0.15) is 0 Å². The molecule has 1 aliphatic heterocycles. The molecule has 1 fully saturated rings. The van der Waals surface area contributed by atoms with E-state index >= 15 is 0 Å². The highest BCUT2D eigenvalue weighted by atomic mass is 16.5. The molecule has 2 heteroatoms. The fourth-order valence-corrected chi connectivity index (χ4v) is 2.50. The predicted octanol–water partition coefficient (Wildman–Crippen LogP) is 3.19. The molecule has 0 spiro atoms. The number of fused-ring (bicyclic) bond motifs is 1. The lowest BCUT2D eigenvalue weighted by Gasteiger charge is -2.22. The predicted molar refractivity (Wildman–Crippen MR) is 60.8 cm³/mol. The van der Waals surface area contributed by atoms with Crippen molar-refractivity contribution >= 4 is 10.9 Å². The smallest absolute Gasteiger partial charge is 0.0924 e. The third-order valence-corrected chi connectivity index (χ3v) is 3.38. The summed E-state index contributed by atoms with van der Waals surface area (Å²) in [5.41, 5.74) is 2.42. The highest BCUT2D eigenvalue weighted by Crippen LogP contribution is 2.38. The maximum Gasteiger partial charge on any atom is 0.0924 e. The molecule has 78 valence electrons. The molecule has 1 aromatic heterocycles. The highest BCUT2D eigenvalue weighted by molar-refractivity contribution is 5.84. The number of H-pyrrole nitrogens is 1. The number of benzene rings is 1. The van der Waals surface area contributed by atoms with E-state index in [0.29, 0.717) is 0 Å². The number of hydrogen-bond donors (Lipinski definition) is 1. The van der Waals surface area contributed by atoms with Gasteiger partial charge in [-0.15, -0.1) is 0 Å². The summed E-state index contributed by atoms with van der Waals surface area (Å²) < 4.78 is 5.87. The number of ether oxygens (including phenoxy) is 1. The Hall–Kier alpha value is -1.28. The van der Waals surface area contributed by atoms with E-state index < -0.39 is 0 Å². The van der Waals surface area contributed by atoms with Gasteiger partial charge in [-0.05, 0) is 25.8 Å². The van der Waals surface area contributed by atoms with Gasteiger partial charge in [-0.3, -0.25) is 0 Å². The van der Waals surface area contributed by atoms with Gasteiger partial charge in [0, 0.05) is 29.3 Å². The molecule has 0 radical (unpaired) electrons. The van der Waals surface area contributed by atoms with Crippen molar-refractivity contribution in [2.45, 2.75) is 25.4 Å². The lowest BCUT2D eigenvalue weighted by molar-refractivity contribution is 0.0181. The first-order valence-electron chi connectivity index (χ1n) is 5.50. The van der Waals surface area contributed by atoms with Crippen LogP contribution in [0, 0.1) is 0 Å². The third-order valence-electron chi connectivity index (χ3n) is 3.38. The monoisotopic (exact) mass is 201 g/mol. The van der Waals surface area contributed by atoms with Gasteiger partial charge in [0.15, 0.2) is 0 Å². The summed E-state index contributed by atoms with van der Waals surface area (Å²) in [5, 5.41) is 1.29. The summed E-state index contributed by atoms with van der Waals surface area (Å²) in [7, 11) is 0. The summed E-state index contributed by atoms with van der Waals surface area (Å²) >= 11 is 0. The van der Waals surface area contributed by atoms with Crippen LogP contribution in [0.25, 0.3) is 10.9 Å². The van der Waals surface area contributed by atoms with Crippen molar-refractivity contribution in [1.82, 2.24) is 4.98 Å². The van der Waals surface area contributed by atoms with Crippen LogP contribution in [0.4, 0.5) is 0 Å². The zero-order valence-corrected chi connectivity index (χ0v) is 8.92. The average Bonchev–Trinajstić information content (AvgIpc) is 2.84. The Kier molecular flexibility index (Phi) is 1.86. The molecule has 0 saturated carbocycles. The summed E-state index contributed by atoms with van der Waals surface area (Å²) in [6.07, 6.45) is 4.38. The van der Waals surface area contributed by atoms with E-state index in [1.807, 2.05) is 0 Å². The van der Waals surface area contributed by atoms with Gasteiger partial charge >= 0.3 is 0 Å². The van der Waals surface area contributed by atoms with Gasteiger partial charge in [0.1, 0.15) is 0 Å². The molecule has 1 atom stereocenters. The topological polar surface area (TPSA) is 25.0 Å². The minimum atomic E-state index is -0.0837. The van der Waals surface area contributed by atoms with Crippen LogP contribution in [0.1, 0.15) is 25.3 Å². The number of nitrogens with one attached hydrogen (secondary N) is 1. The van der Waals surface area contributed by atoms with Crippen molar-refractivity contribution in [2.75, 3.05) is 6.61 Å². The van der Waals surface area contributed by atoms with Crippen LogP contribution < -0.4 is 0 Å². The molecular weight excluding hydrogens is 186 g/mol. The Bertz CT molecular complexity index is 480. The molecule has 3 rings (SSSR count). The third kappa shape index (κ3) is 1.29. The lowest BCUT2D eigenvalue weighted by Crippen LogP contribution is -2.19. The second-order valence-corrected chi connectivity index (χ2v) is 4.43. The molecule has 1 aliphatic rings. The van der Waals surface area contributed by atoms with Gasteiger partial charge in [-0.1, -0.05) is 18.2 Å². The van der Waals surface area contributed by atoms with Crippen LogP contribution in [-0.4, -0.2) is 11.6 Å². The lowest BCUT2D eigenvalue weighted by atomic mass is 9.93. The van der Waals surface area contributed by atoms with Crippen molar-refractivity contribution in [3.05, 3.63) is 36.0 Å². The van der Waals surface area contributed by atoms with Gasteiger partial charge < -0.3 is 9.72 Å². The first kappa shape index (κ1) is 8.98. The van der Waals surface area contributed by atoms with E-state index in [4.69, 9.17) is 4.74 Å². The average molecular weight is 201 g/mol. The quantitative estimate of drug-likeness (QED) is 0.753. The van der Waals surface area contributed by atoms with Crippen LogP contribution in [-0.2, 0) is 10.3 Å². The van der Waals surface area contributed by atoms with E-state index in [2.05, 4.69) is 42.4 Å². The number of para-hydroxylation sites is 1. The van der Waals surface area contributed by atoms with Crippen LogP contribution >= 0.6 is 0 Å². The fraction of sp³-hybridized carbons (Fsp3) is 0.385. The van der Waals surface area contributed by atoms with Crippen molar-refractivity contribution in [3.8, 4) is 0 Å². The SMILES string of the molecule is CC1(c2c[nH]c3ccccc23)CCCO1. The standard InChI is InChI=1S/C13H15NO/c1-13(7-4-8-15-13)11-9-14-12-6-3-2-5-10(11)12/h2-3,5-6,9,14H,4,7-8H2,1H3. The maximum absolute atomic E-state index is 5.87. The van der Waals surface area contributed by atoms with E-state index in [-0.39, 0.29) is 5.60 Å². The Labute approximate surface area is 89.3 Å². The van der Waals surface area contributed by atoms with Gasteiger partial charge in [0.05, 0.1) is 5.60 Å². The molecular formula is C13H15NO. The largest absolute Gasteiger partial charge is 0.371 e. The fourth-order valence-electron chi connectivity index (χ4n) is 2.50. The summed E-state index contributed by atoms with van der Waals surface area (Å²) in [6.45, 7) is 3.08.